The molecule has 0 bridgehead atoms. The van der Waals surface area contributed by atoms with Gasteiger partial charge in [-0.1, -0.05) is 29.4 Å². The number of nitrogens with one attached hydrogen (secondary N) is 1. The Morgan fingerprint density at radius 2 is 1.87 bits per heavy atom. The van der Waals surface area contributed by atoms with Crippen molar-refractivity contribution in [1.29, 1.82) is 0 Å². The Hall–Kier alpha value is -3.68. The number of para-hydroxylation sites is 1. The van der Waals surface area contributed by atoms with Crippen molar-refractivity contribution in [3.05, 3.63) is 70.9 Å². The number of nitrogens with zero attached hydrogens (tertiary/aromatic N) is 3. The van der Waals surface area contributed by atoms with E-state index in [2.05, 4.69) is 15.5 Å². The molecule has 8 heteroatoms. The molecule has 0 atom stereocenters. The van der Waals surface area contributed by atoms with Crippen LogP contribution in [-0.4, -0.2) is 40.4 Å². The van der Waals surface area contributed by atoms with Crippen LogP contribution in [0.3, 0.4) is 0 Å². The molecule has 3 rings (SSSR count). The second-order valence-corrected chi connectivity index (χ2v) is 6.97. The fraction of sp³-hybridized carbons (Fsp3) is 0.273. The molecule has 1 aromatic heterocycles. The van der Waals surface area contributed by atoms with Crippen LogP contribution in [0.4, 0.5) is 5.69 Å². The second-order valence-electron chi connectivity index (χ2n) is 6.97. The van der Waals surface area contributed by atoms with E-state index in [4.69, 9.17) is 9.26 Å². The predicted octanol–water partition coefficient (Wildman–Crippen LogP) is 3.28. The van der Waals surface area contributed by atoms with Gasteiger partial charge in [-0.2, -0.15) is 4.98 Å². The topological polar surface area (TPSA) is 97.6 Å². The Morgan fingerprint density at radius 1 is 1.10 bits per heavy atom. The van der Waals surface area contributed by atoms with Gasteiger partial charge in [0.25, 0.3) is 5.91 Å². The number of anilines is 1. The molecular weight excluding hydrogens is 384 g/mol. The highest BCUT2D eigenvalue weighted by atomic mass is 16.5. The predicted molar refractivity (Wildman–Crippen MR) is 111 cm³/mol. The Labute approximate surface area is 174 Å². The molecule has 0 spiro atoms. The largest absolute Gasteiger partial charge is 0.485 e. The summed E-state index contributed by atoms with van der Waals surface area (Å²) in [5.74, 6) is 0.599. The third-order valence-corrected chi connectivity index (χ3v) is 4.65. The van der Waals surface area contributed by atoms with Crippen LogP contribution in [0, 0.1) is 20.8 Å². The molecule has 0 saturated heterocycles. The van der Waals surface area contributed by atoms with Crippen LogP contribution in [0.25, 0.3) is 0 Å². The van der Waals surface area contributed by atoms with Crippen LogP contribution < -0.4 is 10.1 Å². The summed E-state index contributed by atoms with van der Waals surface area (Å²) < 4.78 is 10.6. The standard InChI is InChI=1S/C22H24N4O4/c1-14-8-7-10-18(15(14)2)24-21(27)12-26(4)22(28)17-9-5-6-11-19(17)29-13-20-23-16(3)30-25-20/h5-11H,12-13H2,1-4H3,(H,24,27). The lowest BCUT2D eigenvalue weighted by molar-refractivity contribution is -0.116. The van der Waals surface area contributed by atoms with Gasteiger partial charge in [-0.15, -0.1) is 0 Å². The molecule has 0 radical (unpaired) electrons. The monoisotopic (exact) mass is 408 g/mol. The first-order valence-electron chi connectivity index (χ1n) is 9.47. The smallest absolute Gasteiger partial charge is 0.257 e. The molecule has 0 unspecified atom stereocenters. The fourth-order valence-electron chi connectivity index (χ4n) is 2.88. The molecule has 0 aliphatic carbocycles. The number of aromatic nitrogens is 2. The highest BCUT2D eigenvalue weighted by Crippen LogP contribution is 2.21. The molecule has 1 heterocycles. The number of hydrogen-bond donors (Lipinski definition) is 1. The minimum absolute atomic E-state index is 0.0679. The van der Waals surface area contributed by atoms with Crippen LogP contribution in [0.15, 0.2) is 47.0 Å². The highest BCUT2D eigenvalue weighted by molar-refractivity contribution is 6.01. The average Bonchev–Trinajstić information content (AvgIpc) is 3.14. The second kappa shape index (κ2) is 9.21. The molecule has 2 amide bonds. The van der Waals surface area contributed by atoms with Crippen molar-refractivity contribution < 1.29 is 18.8 Å². The quantitative estimate of drug-likeness (QED) is 0.644. The van der Waals surface area contributed by atoms with E-state index in [1.807, 2.05) is 32.0 Å². The molecular formula is C22H24N4O4. The van der Waals surface area contributed by atoms with Crippen LogP contribution in [0.2, 0.25) is 0 Å². The van der Waals surface area contributed by atoms with Gasteiger partial charge >= 0.3 is 0 Å². The number of amides is 2. The molecule has 0 fully saturated rings. The summed E-state index contributed by atoms with van der Waals surface area (Å²) >= 11 is 0. The van der Waals surface area contributed by atoms with Crippen molar-refractivity contribution in [2.24, 2.45) is 0 Å². The minimum atomic E-state index is -0.328. The van der Waals surface area contributed by atoms with Gasteiger partial charge in [-0.05, 0) is 43.2 Å². The Balaban J connectivity index is 1.65. The molecule has 30 heavy (non-hydrogen) atoms. The third kappa shape index (κ3) is 5.02. The summed E-state index contributed by atoms with van der Waals surface area (Å²) in [5, 5.41) is 6.63. The maximum atomic E-state index is 12.9. The molecule has 0 aliphatic heterocycles. The first-order chi connectivity index (χ1) is 14.3. The van der Waals surface area contributed by atoms with E-state index in [-0.39, 0.29) is 25.0 Å². The lowest BCUT2D eigenvalue weighted by Crippen LogP contribution is -2.35. The van der Waals surface area contributed by atoms with Gasteiger partial charge in [-0.25, -0.2) is 0 Å². The molecule has 3 aromatic rings. The van der Waals surface area contributed by atoms with Crippen LogP contribution >= 0.6 is 0 Å². The number of hydrogen-bond acceptors (Lipinski definition) is 6. The SMILES string of the molecule is Cc1nc(COc2ccccc2C(=O)N(C)CC(=O)Nc2cccc(C)c2C)no1. The lowest BCUT2D eigenvalue weighted by Gasteiger charge is -2.19. The van der Waals surface area contributed by atoms with E-state index in [9.17, 15) is 9.59 Å². The average molecular weight is 408 g/mol. The summed E-state index contributed by atoms with van der Waals surface area (Å²) in [6.45, 7) is 5.58. The molecule has 2 aromatic carbocycles. The van der Waals surface area contributed by atoms with Gasteiger partial charge in [0, 0.05) is 19.7 Å². The summed E-state index contributed by atoms with van der Waals surface area (Å²) in [6, 6.07) is 12.5. The molecule has 8 nitrogen and oxygen atoms in total. The first-order valence-corrected chi connectivity index (χ1v) is 9.47. The van der Waals surface area contributed by atoms with E-state index in [1.165, 1.54) is 4.90 Å². The third-order valence-electron chi connectivity index (χ3n) is 4.65. The van der Waals surface area contributed by atoms with Gasteiger partial charge in [0.2, 0.25) is 17.6 Å². The van der Waals surface area contributed by atoms with Crippen LogP contribution in [0.5, 0.6) is 5.75 Å². The van der Waals surface area contributed by atoms with Gasteiger partial charge < -0.3 is 19.5 Å². The number of carbonyl (C=O) groups is 2. The van der Waals surface area contributed by atoms with Crippen molar-refractivity contribution >= 4 is 17.5 Å². The van der Waals surface area contributed by atoms with Gasteiger partial charge in [0.1, 0.15) is 5.75 Å². The van der Waals surface area contributed by atoms with Gasteiger partial charge in [0.05, 0.1) is 12.1 Å². The summed E-state index contributed by atoms with van der Waals surface area (Å²) in [4.78, 5) is 30.8. The Morgan fingerprint density at radius 3 is 2.60 bits per heavy atom. The van der Waals surface area contributed by atoms with Crippen LogP contribution in [0.1, 0.15) is 33.2 Å². The Bertz CT molecular complexity index is 1060. The molecule has 0 saturated carbocycles. The number of rotatable bonds is 7. The van der Waals surface area contributed by atoms with Crippen molar-refractivity contribution in [2.75, 3.05) is 18.9 Å². The molecule has 156 valence electrons. The van der Waals surface area contributed by atoms with E-state index in [0.717, 1.165) is 16.8 Å². The number of likely N-dealkylation sites (N-methyl/N-ethyl adjacent to an activating group) is 1. The normalized spacial score (nSPS) is 10.5. The van der Waals surface area contributed by atoms with Crippen molar-refractivity contribution in [2.45, 2.75) is 27.4 Å². The van der Waals surface area contributed by atoms with E-state index < -0.39 is 0 Å². The first kappa shape index (κ1) is 21.0. The van der Waals surface area contributed by atoms with E-state index in [0.29, 0.717) is 23.0 Å². The molecule has 1 N–H and O–H groups in total. The number of carbonyl (C=O) groups excluding carboxylic acids is 2. The van der Waals surface area contributed by atoms with Crippen molar-refractivity contribution in [3.63, 3.8) is 0 Å². The maximum absolute atomic E-state index is 12.9. The number of aryl methyl sites for hydroxylation is 2. The summed E-state index contributed by atoms with van der Waals surface area (Å²) in [6.07, 6.45) is 0. The zero-order chi connectivity index (χ0) is 21.7. The highest BCUT2D eigenvalue weighted by Gasteiger charge is 2.19. The summed E-state index contributed by atoms with van der Waals surface area (Å²) in [7, 11) is 1.57. The van der Waals surface area contributed by atoms with Crippen molar-refractivity contribution in [1.82, 2.24) is 15.0 Å². The number of ether oxygens (including phenoxy) is 1. The fourth-order valence-corrected chi connectivity index (χ4v) is 2.88. The minimum Gasteiger partial charge on any atom is -0.485 e. The maximum Gasteiger partial charge on any atom is 0.257 e. The summed E-state index contributed by atoms with van der Waals surface area (Å²) in [5.41, 5.74) is 3.16. The van der Waals surface area contributed by atoms with Crippen LogP contribution in [-0.2, 0) is 11.4 Å². The van der Waals surface area contributed by atoms with Gasteiger partial charge in [0.15, 0.2) is 6.61 Å². The Kier molecular flexibility index (Phi) is 6.46. The zero-order valence-corrected chi connectivity index (χ0v) is 17.4. The van der Waals surface area contributed by atoms with E-state index in [1.54, 1.807) is 38.2 Å². The van der Waals surface area contributed by atoms with Crippen molar-refractivity contribution in [3.8, 4) is 5.75 Å². The molecule has 0 aliphatic rings. The van der Waals surface area contributed by atoms with E-state index >= 15 is 0 Å². The van der Waals surface area contributed by atoms with Gasteiger partial charge in [-0.3, -0.25) is 9.59 Å². The number of benzene rings is 2. The zero-order valence-electron chi connectivity index (χ0n) is 17.4. The lowest BCUT2D eigenvalue weighted by atomic mass is 10.1.